The Labute approximate surface area is 134 Å². The maximum atomic E-state index is 12.4. The molecule has 1 saturated heterocycles. The fourth-order valence-electron chi connectivity index (χ4n) is 2.57. The molecule has 2 fully saturated rings. The lowest BCUT2D eigenvalue weighted by Gasteiger charge is -2.19. The van der Waals surface area contributed by atoms with Crippen LogP contribution < -0.4 is 5.32 Å². The average molecular weight is 436 g/mol. The molecule has 1 aliphatic carbocycles. The minimum atomic E-state index is 0.00634. The van der Waals surface area contributed by atoms with Gasteiger partial charge < -0.3 is 10.1 Å². The molecular formula is C14H15BrINO2. The van der Waals surface area contributed by atoms with E-state index >= 15 is 0 Å². The second-order valence-corrected chi connectivity index (χ2v) is 7.24. The molecule has 1 heterocycles. The smallest absolute Gasteiger partial charge is 0.252 e. The summed E-state index contributed by atoms with van der Waals surface area (Å²) in [7, 11) is 0. The van der Waals surface area contributed by atoms with Crippen LogP contribution in [0.4, 0.5) is 0 Å². The Kier molecular flexibility index (Phi) is 4.14. The quantitative estimate of drug-likeness (QED) is 0.739. The van der Waals surface area contributed by atoms with Crippen molar-refractivity contribution >= 4 is 44.4 Å². The molecule has 1 aromatic rings. The van der Waals surface area contributed by atoms with Crippen LogP contribution in [0.5, 0.6) is 0 Å². The molecule has 0 bridgehead atoms. The van der Waals surface area contributed by atoms with E-state index in [2.05, 4.69) is 43.8 Å². The Morgan fingerprint density at radius 3 is 2.89 bits per heavy atom. The van der Waals surface area contributed by atoms with Crippen molar-refractivity contribution in [1.82, 2.24) is 5.32 Å². The van der Waals surface area contributed by atoms with Crippen LogP contribution in [-0.2, 0) is 4.74 Å². The maximum Gasteiger partial charge on any atom is 0.252 e. The molecule has 1 N–H and O–H groups in total. The highest BCUT2D eigenvalue weighted by Crippen LogP contribution is 2.38. The summed E-state index contributed by atoms with van der Waals surface area (Å²) < 4.78 is 7.66. The summed E-state index contributed by atoms with van der Waals surface area (Å²) in [6, 6.07) is 5.95. The number of rotatable bonds is 3. The van der Waals surface area contributed by atoms with E-state index in [-0.39, 0.29) is 18.1 Å². The standard InChI is InChI=1S/C14H15BrINO2/c15-9-3-4-11(16)10(7-9)14(18)17-12-5-6-19-13(12)8-1-2-8/h3-4,7-8,12-13H,1-2,5-6H2,(H,17,18). The van der Waals surface area contributed by atoms with Crippen molar-refractivity contribution in [2.24, 2.45) is 5.92 Å². The van der Waals surface area contributed by atoms with Crippen molar-refractivity contribution in [1.29, 1.82) is 0 Å². The topological polar surface area (TPSA) is 38.3 Å². The molecule has 1 amide bonds. The Morgan fingerprint density at radius 1 is 1.37 bits per heavy atom. The second-order valence-electron chi connectivity index (χ2n) is 5.17. The predicted octanol–water partition coefficient (Wildman–Crippen LogP) is 3.35. The first-order valence-corrected chi connectivity index (χ1v) is 8.40. The van der Waals surface area contributed by atoms with E-state index in [9.17, 15) is 4.79 Å². The molecule has 3 nitrogen and oxygen atoms in total. The molecule has 3 rings (SSSR count). The van der Waals surface area contributed by atoms with Gasteiger partial charge in [0.15, 0.2) is 0 Å². The van der Waals surface area contributed by atoms with Crippen LogP contribution in [0.1, 0.15) is 29.6 Å². The van der Waals surface area contributed by atoms with Gasteiger partial charge in [-0.1, -0.05) is 15.9 Å². The van der Waals surface area contributed by atoms with Gasteiger partial charge in [-0.05, 0) is 66.0 Å². The van der Waals surface area contributed by atoms with Gasteiger partial charge in [0.25, 0.3) is 5.91 Å². The largest absolute Gasteiger partial charge is 0.376 e. The summed E-state index contributed by atoms with van der Waals surface area (Å²) in [6.45, 7) is 0.766. The number of hydrogen-bond donors (Lipinski definition) is 1. The summed E-state index contributed by atoms with van der Waals surface area (Å²) >= 11 is 5.61. The van der Waals surface area contributed by atoms with Crippen molar-refractivity contribution in [2.75, 3.05) is 6.61 Å². The Balaban J connectivity index is 1.72. The molecular weight excluding hydrogens is 421 g/mol. The molecule has 0 aromatic heterocycles. The number of amides is 1. The molecule has 0 radical (unpaired) electrons. The van der Waals surface area contributed by atoms with Gasteiger partial charge in [-0.15, -0.1) is 0 Å². The molecule has 102 valence electrons. The Bertz CT molecular complexity index is 504. The molecule has 1 aliphatic heterocycles. The van der Waals surface area contributed by atoms with Gasteiger partial charge in [0.05, 0.1) is 17.7 Å². The van der Waals surface area contributed by atoms with Gasteiger partial charge in [0.2, 0.25) is 0 Å². The summed E-state index contributed by atoms with van der Waals surface area (Å²) in [4.78, 5) is 12.4. The van der Waals surface area contributed by atoms with Crippen molar-refractivity contribution in [3.05, 3.63) is 31.8 Å². The first-order valence-electron chi connectivity index (χ1n) is 6.52. The number of nitrogens with one attached hydrogen (secondary N) is 1. The lowest BCUT2D eigenvalue weighted by Crippen LogP contribution is -2.41. The lowest BCUT2D eigenvalue weighted by atomic mass is 10.1. The summed E-state index contributed by atoms with van der Waals surface area (Å²) in [5.74, 6) is 0.668. The molecule has 2 aliphatic rings. The summed E-state index contributed by atoms with van der Waals surface area (Å²) in [6.07, 6.45) is 3.64. The Hall–Kier alpha value is -0.140. The molecule has 2 atom stereocenters. The monoisotopic (exact) mass is 435 g/mol. The van der Waals surface area contributed by atoms with Gasteiger partial charge in [0, 0.05) is 14.6 Å². The van der Waals surface area contributed by atoms with Crippen molar-refractivity contribution < 1.29 is 9.53 Å². The minimum absolute atomic E-state index is 0.00634. The zero-order valence-corrected chi connectivity index (χ0v) is 14.1. The van der Waals surface area contributed by atoms with Gasteiger partial charge in [-0.3, -0.25) is 4.79 Å². The van der Waals surface area contributed by atoms with E-state index in [1.54, 1.807) is 0 Å². The molecule has 1 aromatic carbocycles. The first kappa shape index (κ1) is 13.8. The molecule has 0 spiro atoms. The Morgan fingerprint density at radius 2 is 2.16 bits per heavy atom. The van der Waals surface area contributed by atoms with Crippen molar-refractivity contribution in [3.8, 4) is 0 Å². The number of hydrogen-bond acceptors (Lipinski definition) is 2. The first-order chi connectivity index (χ1) is 9.15. The summed E-state index contributed by atoms with van der Waals surface area (Å²) in [5, 5.41) is 3.15. The van der Waals surface area contributed by atoms with E-state index in [4.69, 9.17) is 4.74 Å². The number of halogens is 2. The van der Waals surface area contributed by atoms with E-state index in [0.717, 1.165) is 26.6 Å². The highest BCUT2D eigenvalue weighted by atomic mass is 127. The van der Waals surface area contributed by atoms with Crippen LogP contribution in [0.3, 0.4) is 0 Å². The van der Waals surface area contributed by atoms with Crippen LogP contribution in [-0.4, -0.2) is 24.7 Å². The average Bonchev–Trinajstić information content (AvgIpc) is 3.13. The second kappa shape index (κ2) is 5.69. The van der Waals surface area contributed by atoms with Crippen LogP contribution in [0.25, 0.3) is 0 Å². The van der Waals surface area contributed by atoms with E-state index < -0.39 is 0 Å². The SMILES string of the molecule is O=C(NC1CCOC1C1CC1)c1cc(Br)ccc1I. The number of benzene rings is 1. The third-order valence-corrected chi connectivity index (χ3v) is 5.15. The molecule has 19 heavy (non-hydrogen) atoms. The molecule has 1 saturated carbocycles. The molecule has 5 heteroatoms. The van der Waals surface area contributed by atoms with Crippen LogP contribution in [0.15, 0.2) is 22.7 Å². The third-order valence-electron chi connectivity index (χ3n) is 3.71. The minimum Gasteiger partial charge on any atom is -0.376 e. The highest BCUT2D eigenvalue weighted by Gasteiger charge is 2.41. The number of carbonyl (C=O) groups is 1. The van der Waals surface area contributed by atoms with E-state index in [0.29, 0.717) is 5.92 Å². The maximum absolute atomic E-state index is 12.4. The van der Waals surface area contributed by atoms with E-state index in [1.165, 1.54) is 12.8 Å². The zero-order valence-electron chi connectivity index (χ0n) is 10.4. The highest BCUT2D eigenvalue weighted by molar-refractivity contribution is 14.1. The predicted molar refractivity (Wildman–Crippen MR) is 85.2 cm³/mol. The van der Waals surface area contributed by atoms with Gasteiger partial charge >= 0.3 is 0 Å². The van der Waals surface area contributed by atoms with Crippen LogP contribution >= 0.6 is 38.5 Å². The van der Waals surface area contributed by atoms with Gasteiger partial charge in [-0.2, -0.15) is 0 Å². The van der Waals surface area contributed by atoms with E-state index in [1.807, 2.05) is 18.2 Å². The van der Waals surface area contributed by atoms with Crippen LogP contribution in [0.2, 0.25) is 0 Å². The fraction of sp³-hybridized carbons (Fsp3) is 0.500. The fourth-order valence-corrected chi connectivity index (χ4v) is 3.51. The lowest BCUT2D eigenvalue weighted by molar-refractivity contribution is 0.0729. The zero-order chi connectivity index (χ0) is 13.4. The third kappa shape index (κ3) is 3.13. The van der Waals surface area contributed by atoms with Crippen molar-refractivity contribution in [3.63, 3.8) is 0 Å². The number of ether oxygens (including phenoxy) is 1. The normalized spacial score (nSPS) is 26.4. The summed E-state index contributed by atoms with van der Waals surface area (Å²) in [5.41, 5.74) is 0.733. The van der Waals surface area contributed by atoms with Gasteiger partial charge in [-0.25, -0.2) is 0 Å². The molecule has 2 unspecified atom stereocenters. The van der Waals surface area contributed by atoms with Gasteiger partial charge in [0.1, 0.15) is 0 Å². The van der Waals surface area contributed by atoms with Crippen LogP contribution in [0, 0.1) is 9.49 Å². The van der Waals surface area contributed by atoms with Crippen molar-refractivity contribution in [2.45, 2.75) is 31.4 Å². The number of carbonyl (C=O) groups excluding carboxylic acids is 1.